The van der Waals surface area contributed by atoms with Crippen molar-refractivity contribution in [3.63, 3.8) is 0 Å². The number of nitrogens with zero attached hydrogens (tertiary/aromatic N) is 2. The van der Waals surface area contributed by atoms with Gasteiger partial charge in [0.1, 0.15) is 0 Å². The predicted octanol–water partition coefficient (Wildman–Crippen LogP) is 1.66. The maximum atomic E-state index is 12.4. The number of hydrogen-bond acceptors (Lipinski definition) is 3. The molecule has 1 aliphatic heterocycles. The van der Waals surface area contributed by atoms with E-state index < -0.39 is 0 Å². The van der Waals surface area contributed by atoms with E-state index >= 15 is 0 Å². The molecule has 0 bridgehead atoms. The van der Waals surface area contributed by atoms with Crippen LogP contribution in [0.1, 0.15) is 47.5 Å². The third-order valence-electron chi connectivity index (χ3n) is 4.47. The molecule has 106 valence electrons. The molecule has 1 saturated heterocycles. The topological polar surface area (TPSA) is 35.6 Å². The molecule has 0 saturated carbocycles. The third-order valence-corrected chi connectivity index (χ3v) is 4.47. The number of likely N-dealkylation sites (N-methyl/N-ethyl adjacent to an activating group) is 1. The van der Waals surface area contributed by atoms with Gasteiger partial charge < -0.3 is 9.80 Å². The summed E-state index contributed by atoms with van der Waals surface area (Å²) in [6.07, 6.45) is 2.13. The third kappa shape index (κ3) is 3.04. The van der Waals surface area contributed by atoms with E-state index in [2.05, 4.69) is 45.0 Å². The van der Waals surface area contributed by atoms with E-state index in [4.69, 9.17) is 0 Å². The monoisotopic (exact) mass is 255 g/mol. The van der Waals surface area contributed by atoms with Crippen LogP contribution >= 0.6 is 0 Å². The first-order valence-corrected chi connectivity index (χ1v) is 7.14. The maximum absolute atomic E-state index is 12.4. The lowest BCUT2D eigenvalue weighted by Gasteiger charge is -2.28. The summed E-state index contributed by atoms with van der Waals surface area (Å²) in [6, 6.07) is 0.573. The van der Waals surface area contributed by atoms with Crippen LogP contribution in [-0.4, -0.2) is 53.6 Å². The van der Waals surface area contributed by atoms with Gasteiger partial charge in [0.15, 0.2) is 0 Å². The molecule has 1 fully saturated rings. The molecule has 4 heteroatoms. The molecule has 1 aliphatic rings. The van der Waals surface area contributed by atoms with Gasteiger partial charge in [-0.15, -0.1) is 0 Å². The van der Waals surface area contributed by atoms with E-state index in [0.717, 1.165) is 25.9 Å². The van der Waals surface area contributed by atoms with Crippen LogP contribution in [0.25, 0.3) is 0 Å². The Hall–Kier alpha value is -0.610. The minimum Gasteiger partial charge on any atom is -0.325 e. The highest BCUT2D eigenvalue weighted by Crippen LogP contribution is 2.23. The molecule has 1 rings (SSSR count). The molecule has 0 radical (unpaired) electrons. The van der Waals surface area contributed by atoms with Gasteiger partial charge in [0.25, 0.3) is 0 Å². The van der Waals surface area contributed by atoms with Gasteiger partial charge in [-0.05, 0) is 40.7 Å². The first-order chi connectivity index (χ1) is 8.35. The molecular weight excluding hydrogens is 226 g/mol. The summed E-state index contributed by atoms with van der Waals surface area (Å²) >= 11 is 0. The molecule has 1 amide bonds. The van der Waals surface area contributed by atoms with Crippen molar-refractivity contribution in [2.45, 2.75) is 65.2 Å². The first kappa shape index (κ1) is 15.4. The molecular formula is C14H29N3O. The van der Waals surface area contributed by atoms with Gasteiger partial charge >= 0.3 is 0 Å². The van der Waals surface area contributed by atoms with Crippen LogP contribution in [0, 0.1) is 0 Å². The zero-order valence-electron chi connectivity index (χ0n) is 12.8. The number of hydrogen-bond donors (Lipinski definition) is 1. The number of carbonyl (C=O) groups is 1. The lowest BCUT2D eigenvalue weighted by atomic mass is 9.99. The van der Waals surface area contributed by atoms with Crippen LogP contribution in [0.15, 0.2) is 0 Å². The fourth-order valence-electron chi connectivity index (χ4n) is 2.44. The summed E-state index contributed by atoms with van der Waals surface area (Å²) in [7, 11) is 2.13. The fraction of sp³-hybridized carbons (Fsp3) is 0.929. The van der Waals surface area contributed by atoms with Crippen LogP contribution in [0.5, 0.6) is 0 Å². The second-order valence-electron chi connectivity index (χ2n) is 5.74. The van der Waals surface area contributed by atoms with Crippen molar-refractivity contribution in [3.8, 4) is 0 Å². The molecule has 4 nitrogen and oxygen atoms in total. The molecule has 0 spiro atoms. The zero-order chi connectivity index (χ0) is 13.9. The summed E-state index contributed by atoms with van der Waals surface area (Å²) in [5, 5.41) is 3.40. The largest absolute Gasteiger partial charge is 0.325 e. The van der Waals surface area contributed by atoms with Crippen molar-refractivity contribution in [2.75, 3.05) is 20.1 Å². The summed E-state index contributed by atoms with van der Waals surface area (Å²) in [5.74, 6) is 0.245. The minimum absolute atomic E-state index is 0.146. The van der Waals surface area contributed by atoms with Crippen LogP contribution in [0.2, 0.25) is 0 Å². The number of rotatable bonds is 6. The molecule has 1 N–H and O–H groups in total. The Morgan fingerprint density at radius 1 is 1.50 bits per heavy atom. The second kappa shape index (κ2) is 6.02. The van der Waals surface area contributed by atoms with E-state index in [1.807, 2.05) is 11.8 Å². The van der Waals surface area contributed by atoms with Crippen molar-refractivity contribution in [2.24, 2.45) is 0 Å². The highest BCUT2D eigenvalue weighted by molar-refractivity contribution is 5.88. The Morgan fingerprint density at radius 2 is 2.11 bits per heavy atom. The Bertz CT molecular complexity index is 295. The predicted molar refractivity (Wildman–Crippen MR) is 75.4 cm³/mol. The number of amides is 1. The maximum Gasteiger partial charge on any atom is 0.243 e. The Morgan fingerprint density at radius 3 is 2.56 bits per heavy atom. The SMILES string of the molecule is CCC(C)N(C)CCN1C(=O)C(C)(CC)NC1C. The van der Waals surface area contributed by atoms with Crippen LogP contribution in [0.3, 0.4) is 0 Å². The van der Waals surface area contributed by atoms with Gasteiger partial charge in [-0.25, -0.2) is 0 Å². The molecule has 3 atom stereocenters. The molecule has 0 aromatic heterocycles. The lowest BCUT2D eigenvalue weighted by molar-refractivity contribution is -0.133. The van der Waals surface area contributed by atoms with Gasteiger partial charge in [0.2, 0.25) is 5.91 Å². The van der Waals surface area contributed by atoms with Gasteiger partial charge in [-0.2, -0.15) is 0 Å². The first-order valence-electron chi connectivity index (χ1n) is 7.14. The smallest absolute Gasteiger partial charge is 0.243 e. The normalized spacial score (nSPS) is 30.3. The van der Waals surface area contributed by atoms with Gasteiger partial charge in [-0.1, -0.05) is 13.8 Å². The molecule has 0 aromatic rings. The van der Waals surface area contributed by atoms with Crippen LogP contribution in [0.4, 0.5) is 0 Å². The Labute approximate surface area is 112 Å². The second-order valence-corrected chi connectivity index (χ2v) is 5.74. The highest BCUT2D eigenvalue weighted by Gasteiger charge is 2.44. The van der Waals surface area contributed by atoms with Crippen molar-refractivity contribution >= 4 is 5.91 Å². The molecule has 18 heavy (non-hydrogen) atoms. The average molecular weight is 255 g/mol. The zero-order valence-corrected chi connectivity index (χ0v) is 12.8. The van der Waals surface area contributed by atoms with Crippen molar-refractivity contribution in [1.29, 1.82) is 0 Å². The summed E-state index contributed by atoms with van der Waals surface area (Å²) < 4.78 is 0. The lowest BCUT2D eigenvalue weighted by Crippen LogP contribution is -2.44. The molecule has 3 unspecified atom stereocenters. The quantitative estimate of drug-likeness (QED) is 0.784. The van der Waals surface area contributed by atoms with E-state index in [1.54, 1.807) is 0 Å². The number of carbonyl (C=O) groups excluding carboxylic acids is 1. The molecule has 1 heterocycles. The van der Waals surface area contributed by atoms with Crippen LogP contribution in [-0.2, 0) is 4.79 Å². The van der Waals surface area contributed by atoms with Gasteiger partial charge in [0.05, 0.1) is 11.7 Å². The van der Waals surface area contributed by atoms with E-state index in [-0.39, 0.29) is 17.6 Å². The van der Waals surface area contributed by atoms with Crippen molar-refractivity contribution in [1.82, 2.24) is 15.1 Å². The van der Waals surface area contributed by atoms with Crippen molar-refractivity contribution < 1.29 is 4.79 Å². The minimum atomic E-state index is -0.367. The van der Waals surface area contributed by atoms with Crippen molar-refractivity contribution in [3.05, 3.63) is 0 Å². The highest BCUT2D eigenvalue weighted by atomic mass is 16.2. The number of nitrogens with one attached hydrogen (secondary N) is 1. The molecule has 0 aromatic carbocycles. The van der Waals surface area contributed by atoms with E-state index in [9.17, 15) is 4.79 Å². The van der Waals surface area contributed by atoms with Gasteiger partial charge in [-0.3, -0.25) is 10.1 Å². The van der Waals surface area contributed by atoms with Crippen LogP contribution < -0.4 is 5.32 Å². The Kier molecular flexibility index (Phi) is 5.17. The van der Waals surface area contributed by atoms with E-state index in [1.165, 1.54) is 0 Å². The average Bonchev–Trinajstić information content (AvgIpc) is 2.57. The molecule has 0 aliphatic carbocycles. The summed E-state index contributed by atoms with van der Waals surface area (Å²) in [4.78, 5) is 16.7. The standard InChI is InChI=1S/C14H29N3O/c1-7-11(3)16(6)9-10-17-12(4)15-14(5,8-2)13(17)18/h11-12,15H,7-10H2,1-6H3. The fourth-order valence-corrected chi connectivity index (χ4v) is 2.44. The van der Waals surface area contributed by atoms with E-state index in [0.29, 0.717) is 6.04 Å². The Balaban J connectivity index is 2.55. The summed E-state index contributed by atoms with van der Waals surface area (Å²) in [5.41, 5.74) is -0.367. The summed E-state index contributed by atoms with van der Waals surface area (Å²) in [6.45, 7) is 12.3. The van der Waals surface area contributed by atoms with Gasteiger partial charge in [0, 0.05) is 19.1 Å².